The van der Waals surface area contributed by atoms with E-state index >= 15 is 0 Å². The normalized spacial score (nSPS) is 14.9. The molecule has 6 heteroatoms. The Morgan fingerprint density at radius 3 is 3.19 bits per heavy atom. The van der Waals surface area contributed by atoms with E-state index in [1.807, 2.05) is 0 Å². The lowest BCUT2D eigenvalue weighted by Gasteiger charge is -2.07. The fraction of sp³-hybridized carbons (Fsp3) is 0.200. The van der Waals surface area contributed by atoms with Gasteiger partial charge in [0.15, 0.2) is 0 Å². The Balaban J connectivity index is 1.99. The van der Waals surface area contributed by atoms with E-state index in [1.54, 1.807) is 12.3 Å². The first-order chi connectivity index (χ1) is 7.83. The summed E-state index contributed by atoms with van der Waals surface area (Å²) in [7, 11) is 0. The summed E-state index contributed by atoms with van der Waals surface area (Å²) < 4.78 is 13.1. The molecule has 1 aliphatic heterocycles. The molecular formula is C10H10FN5. The maximum Gasteiger partial charge on any atom is 0.212 e. The van der Waals surface area contributed by atoms with Crippen LogP contribution in [0.3, 0.4) is 0 Å². The molecule has 0 atom stereocenters. The average molecular weight is 218 g/mol. The maximum atomic E-state index is 13.1. The van der Waals surface area contributed by atoms with Gasteiger partial charge in [-0.25, -0.2) is 14.8 Å². The largest absolute Gasteiger partial charge is 0.353 e. The second-order valence-electron chi connectivity index (χ2n) is 3.53. The summed E-state index contributed by atoms with van der Waals surface area (Å²) in [6.07, 6.45) is 1.68. The summed E-state index contributed by atoms with van der Waals surface area (Å²) >= 11 is 0. The Hall–Kier alpha value is -2.11. The van der Waals surface area contributed by atoms with Crippen LogP contribution in [0.1, 0.15) is 0 Å². The summed E-state index contributed by atoms with van der Waals surface area (Å²) in [5, 5.41) is 8.06. The monoisotopic (exact) mass is 218 g/mol. The zero-order valence-electron chi connectivity index (χ0n) is 8.44. The first kappa shape index (κ1) is 9.14. The molecule has 82 valence electrons. The van der Waals surface area contributed by atoms with Gasteiger partial charge in [-0.3, -0.25) is 0 Å². The zero-order valence-corrected chi connectivity index (χ0v) is 8.44. The van der Waals surface area contributed by atoms with Crippen molar-refractivity contribution < 1.29 is 4.39 Å². The molecule has 1 aromatic carbocycles. The van der Waals surface area contributed by atoms with Crippen molar-refractivity contribution in [1.29, 1.82) is 0 Å². The van der Waals surface area contributed by atoms with E-state index in [4.69, 9.17) is 0 Å². The predicted molar refractivity (Wildman–Crippen MR) is 59.4 cm³/mol. The summed E-state index contributed by atoms with van der Waals surface area (Å²) in [6.45, 7) is 1.56. The third kappa shape index (κ3) is 1.48. The minimum Gasteiger partial charge on any atom is -0.353 e. The third-order valence-corrected chi connectivity index (χ3v) is 2.42. The lowest BCUT2D eigenvalue weighted by Crippen LogP contribution is -2.32. The summed E-state index contributed by atoms with van der Waals surface area (Å²) in [5.74, 6) is 0.381. The van der Waals surface area contributed by atoms with Crippen molar-refractivity contribution in [2.24, 2.45) is 4.99 Å². The van der Waals surface area contributed by atoms with E-state index in [-0.39, 0.29) is 5.82 Å². The Kier molecular flexibility index (Phi) is 1.99. The first-order valence-corrected chi connectivity index (χ1v) is 5.01. The molecule has 0 radical (unpaired) electrons. The number of rotatable bonds is 1. The van der Waals surface area contributed by atoms with Crippen molar-refractivity contribution >= 4 is 16.9 Å². The Labute approximate surface area is 90.9 Å². The lowest BCUT2D eigenvalue weighted by atomic mass is 10.2. The van der Waals surface area contributed by atoms with Gasteiger partial charge in [-0.05, 0) is 12.1 Å². The van der Waals surface area contributed by atoms with Crippen molar-refractivity contribution in [3.63, 3.8) is 0 Å². The van der Waals surface area contributed by atoms with Gasteiger partial charge in [0.1, 0.15) is 5.82 Å². The highest BCUT2D eigenvalue weighted by molar-refractivity contribution is 5.90. The highest BCUT2D eigenvalue weighted by atomic mass is 18.2. The first-order valence-electron chi connectivity index (χ1n) is 5.01. The predicted octanol–water partition coefficient (Wildman–Crippen LogP) is 0.678. The molecule has 0 saturated carbocycles. The van der Waals surface area contributed by atoms with Crippen LogP contribution in [0.15, 0.2) is 29.4 Å². The number of fused-ring (bicyclic) bond motifs is 1. The zero-order chi connectivity index (χ0) is 11.0. The van der Waals surface area contributed by atoms with E-state index in [9.17, 15) is 4.39 Å². The number of nitrogens with one attached hydrogen (secondary N) is 2. The van der Waals surface area contributed by atoms with Crippen molar-refractivity contribution in [2.45, 2.75) is 0 Å². The van der Waals surface area contributed by atoms with Gasteiger partial charge in [0.2, 0.25) is 5.96 Å². The summed E-state index contributed by atoms with van der Waals surface area (Å²) in [6, 6.07) is 4.55. The van der Waals surface area contributed by atoms with Gasteiger partial charge in [-0.2, -0.15) is 9.89 Å². The van der Waals surface area contributed by atoms with Crippen molar-refractivity contribution in [1.82, 2.24) is 15.2 Å². The summed E-state index contributed by atoms with van der Waals surface area (Å²) in [5.41, 5.74) is 3.66. The molecule has 0 bridgehead atoms. The van der Waals surface area contributed by atoms with E-state index in [0.717, 1.165) is 18.5 Å². The van der Waals surface area contributed by atoms with Crippen LogP contribution in [0.4, 0.5) is 4.39 Å². The minimum atomic E-state index is -0.280. The molecule has 16 heavy (non-hydrogen) atoms. The molecule has 0 amide bonds. The van der Waals surface area contributed by atoms with E-state index < -0.39 is 0 Å². The van der Waals surface area contributed by atoms with Gasteiger partial charge >= 0.3 is 0 Å². The van der Waals surface area contributed by atoms with Gasteiger partial charge in [0.05, 0.1) is 18.3 Å². The number of guanidine groups is 1. The average Bonchev–Trinajstić information content (AvgIpc) is 2.90. The van der Waals surface area contributed by atoms with Crippen molar-refractivity contribution in [2.75, 3.05) is 18.5 Å². The Morgan fingerprint density at radius 2 is 2.38 bits per heavy atom. The molecule has 2 heterocycles. The minimum absolute atomic E-state index is 0.280. The second-order valence-corrected chi connectivity index (χ2v) is 3.53. The molecule has 2 N–H and O–H groups in total. The molecule has 1 aromatic heterocycles. The second kappa shape index (κ2) is 3.48. The van der Waals surface area contributed by atoms with Crippen LogP contribution in [0.5, 0.6) is 0 Å². The number of halogens is 1. The fourth-order valence-electron chi connectivity index (χ4n) is 1.65. The van der Waals surface area contributed by atoms with E-state index in [1.165, 1.54) is 16.9 Å². The molecule has 2 aromatic rings. The van der Waals surface area contributed by atoms with Crippen LogP contribution in [0, 0.1) is 5.82 Å². The molecule has 5 nitrogen and oxygen atoms in total. The molecule has 0 unspecified atom stereocenters. The number of aliphatic imine (C=N–C) groups is 1. The van der Waals surface area contributed by atoms with Gasteiger partial charge in [0.25, 0.3) is 0 Å². The van der Waals surface area contributed by atoms with Gasteiger partial charge in [0, 0.05) is 18.0 Å². The van der Waals surface area contributed by atoms with E-state index in [2.05, 4.69) is 20.8 Å². The Morgan fingerprint density at radius 1 is 1.44 bits per heavy atom. The molecule has 0 saturated heterocycles. The third-order valence-electron chi connectivity index (χ3n) is 2.42. The lowest BCUT2D eigenvalue weighted by molar-refractivity contribution is 0.628. The van der Waals surface area contributed by atoms with Gasteiger partial charge < -0.3 is 5.32 Å². The smallest absolute Gasteiger partial charge is 0.212 e. The highest BCUT2D eigenvalue weighted by Crippen LogP contribution is 2.13. The molecule has 0 spiro atoms. The maximum absolute atomic E-state index is 13.1. The number of aromatic nitrogens is 2. The van der Waals surface area contributed by atoms with Crippen LogP contribution in [-0.2, 0) is 0 Å². The topological polar surface area (TPSA) is 54.2 Å². The molecule has 1 aliphatic rings. The highest BCUT2D eigenvalue weighted by Gasteiger charge is 2.08. The quantitative estimate of drug-likeness (QED) is 0.740. The summed E-state index contributed by atoms with van der Waals surface area (Å²) in [4.78, 5) is 5.69. The number of hydrogen-bond donors (Lipinski definition) is 2. The molecule has 0 aliphatic carbocycles. The number of nitrogens with zero attached hydrogens (tertiary/aromatic N) is 3. The fourth-order valence-corrected chi connectivity index (χ4v) is 1.65. The number of benzene rings is 1. The van der Waals surface area contributed by atoms with Crippen molar-refractivity contribution in [3.05, 3.63) is 30.2 Å². The Bertz CT molecular complexity index is 559. The SMILES string of the molecule is [18F]c1ccc2cnn(NC3=NCCN3)c2c1. The standard InChI is InChI=1S/C10H10FN5/c11-8-2-1-7-6-14-16(9(7)5-8)15-10-12-3-4-13-10/h1-2,5-6H,3-4H2,(H2,12,13,15)/i11-1. The molecule has 0 fully saturated rings. The van der Waals surface area contributed by atoms with E-state index in [0.29, 0.717) is 11.5 Å². The van der Waals surface area contributed by atoms with Crippen LogP contribution in [0.25, 0.3) is 10.9 Å². The molecular weight excluding hydrogens is 208 g/mol. The van der Waals surface area contributed by atoms with Crippen LogP contribution in [-0.4, -0.2) is 28.9 Å². The number of hydrogen-bond acceptors (Lipinski definition) is 4. The van der Waals surface area contributed by atoms with Crippen molar-refractivity contribution in [3.8, 4) is 0 Å². The van der Waals surface area contributed by atoms with Crippen LogP contribution in [0.2, 0.25) is 0 Å². The van der Waals surface area contributed by atoms with Crippen LogP contribution >= 0.6 is 0 Å². The van der Waals surface area contributed by atoms with Crippen LogP contribution < -0.4 is 10.7 Å². The molecule has 3 rings (SSSR count). The van der Waals surface area contributed by atoms with Gasteiger partial charge in [-0.15, -0.1) is 0 Å². The van der Waals surface area contributed by atoms with Gasteiger partial charge in [-0.1, -0.05) is 0 Å².